The van der Waals surface area contributed by atoms with Gasteiger partial charge in [-0.3, -0.25) is 9.59 Å². The Bertz CT molecular complexity index is 890. The van der Waals surface area contributed by atoms with E-state index in [9.17, 15) is 9.59 Å². The Morgan fingerprint density at radius 1 is 0.828 bits per heavy atom. The van der Waals surface area contributed by atoms with Gasteiger partial charge in [-0.05, 0) is 74.2 Å². The Morgan fingerprint density at radius 3 is 1.62 bits per heavy atom. The lowest BCUT2D eigenvalue weighted by Crippen LogP contribution is -2.32. The average molecular weight is 390 g/mol. The summed E-state index contributed by atoms with van der Waals surface area (Å²) >= 11 is 0. The van der Waals surface area contributed by atoms with E-state index in [1.54, 1.807) is 24.3 Å². The molecule has 3 rings (SSSR count). The number of nitriles is 1. The van der Waals surface area contributed by atoms with E-state index in [0.29, 0.717) is 36.9 Å². The van der Waals surface area contributed by atoms with Crippen LogP contribution in [0.3, 0.4) is 0 Å². The summed E-state index contributed by atoms with van der Waals surface area (Å²) in [4.78, 5) is 27.1. The van der Waals surface area contributed by atoms with Crippen LogP contribution in [0.4, 0.5) is 17.1 Å². The molecule has 0 atom stereocenters. The van der Waals surface area contributed by atoms with E-state index in [4.69, 9.17) is 5.26 Å². The lowest BCUT2D eigenvalue weighted by atomic mass is 9.81. The van der Waals surface area contributed by atoms with Gasteiger partial charge in [-0.15, -0.1) is 0 Å². The number of anilines is 3. The number of nitrogens with one attached hydrogen (secondary N) is 2. The summed E-state index contributed by atoms with van der Waals surface area (Å²) in [5, 5.41) is 14.7. The fraction of sp³-hybridized carbons (Fsp3) is 0.348. The number of hydrogen-bond donors (Lipinski definition) is 2. The first-order chi connectivity index (χ1) is 14.0. The molecular formula is C23H26N4O2. The number of rotatable bonds is 5. The molecule has 0 bridgehead atoms. The van der Waals surface area contributed by atoms with Gasteiger partial charge in [-0.1, -0.05) is 0 Å². The van der Waals surface area contributed by atoms with Crippen molar-refractivity contribution in [1.82, 2.24) is 0 Å². The minimum Gasteiger partial charge on any atom is -0.378 e. The summed E-state index contributed by atoms with van der Waals surface area (Å²) in [5.41, 5.74) is 3.12. The van der Waals surface area contributed by atoms with Gasteiger partial charge in [0.25, 0.3) is 0 Å². The first-order valence-electron chi connectivity index (χ1n) is 9.85. The third-order valence-corrected chi connectivity index (χ3v) is 5.40. The highest BCUT2D eigenvalue weighted by molar-refractivity contribution is 5.94. The SMILES string of the molecule is CN(C)c1ccc(NC(=O)C2CCC(C(=O)Nc3ccc(C#N)cc3)CC2)cc1. The van der Waals surface area contributed by atoms with Crippen LogP contribution >= 0.6 is 0 Å². The number of benzene rings is 2. The second kappa shape index (κ2) is 9.24. The Hall–Kier alpha value is -3.33. The normalized spacial score (nSPS) is 18.4. The lowest BCUT2D eigenvalue weighted by molar-refractivity contribution is -0.125. The molecule has 2 N–H and O–H groups in total. The third kappa shape index (κ3) is 5.35. The molecule has 6 nitrogen and oxygen atoms in total. The number of hydrogen-bond acceptors (Lipinski definition) is 4. The molecule has 0 radical (unpaired) electrons. The summed E-state index contributed by atoms with van der Waals surface area (Å²) in [6.45, 7) is 0. The van der Waals surface area contributed by atoms with Crippen LogP contribution in [0.2, 0.25) is 0 Å². The Kier molecular flexibility index (Phi) is 6.50. The van der Waals surface area contributed by atoms with Crippen molar-refractivity contribution in [3.63, 3.8) is 0 Å². The molecule has 0 saturated heterocycles. The van der Waals surface area contributed by atoms with E-state index in [1.807, 2.05) is 43.3 Å². The highest BCUT2D eigenvalue weighted by atomic mass is 16.2. The van der Waals surface area contributed by atoms with Crippen molar-refractivity contribution in [3.8, 4) is 6.07 Å². The summed E-state index contributed by atoms with van der Waals surface area (Å²) in [5.74, 6) is -0.155. The zero-order valence-corrected chi connectivity index (χ0v) is 16.8. The standard InChI is InChI=1S/C23H26N4O2/c1-27(2)21-13-11-20(12-14-21)26-23(29)18-7-5-17(6-8-18)22(28)25-19-9-3-16(15-24)4-10-19/h3-4,9-14,17-18H,5-8H2,1-2H3,(H,25,28)(H,26,29). The van der Waals surface area contributed by atoms with Gasteiger partial charge in [-0.2, -0.15) is 5.26 Å². The molecule has 150 valence electrons. The fourth-order valence-corrected chi connectivity index (χ4v) is 3.58. The number of nitrogens with zero attached hydrogens (tertiary/aromatic N) is 2. The van der Waals surface area contributed by atoms with E-state index in [0.717, 1.165) is 11.4 Å². The monoisotopic (exact) mass is 390 g/mol. The van der Waals surface area contributed by atoms with Gasteiger partial charge in [0, 0.05) is 43.0 Å². The van der Waals surface area contributed by atoms with Gasteiger partial charge >= 0.3 is 0 Å². The van der Waals surface area contributed by atoms with Crippen molar-refractivity contribution in [2.45, 2.75) is 25.7 Å². The Morgan fingerprint density at radius 2 is 1.24 bits per heavy atom. The van der Waals surface area contributed by atoms with E-state index in [2.05, 4.69) is 16.7 Å². The van der Waals surface area contributed by atoms with E-state index in [1.165, 1.54) is 0 Å². The minimum absolute atomic E-state index is 0.0205. The molecule has 2 aromatic rings. The van der Waals surface area contributed by atoms with Crippen molar-refractivity contribution in [2.24, 2.45) is 11.8 Å². The summed E-state index contributed by atoms with van der Waals surface area (Å²) < 4.78 is 0. The number of amides is 2. The van der Waals surface area contributed by atoms with Crippen molar-refractivity contribution >= 4 is 28.9 Å². The quantitative estimate of drug-likeness (QED) is 0.808. The zero-order valence-electron chi connectivity index (χ0n) is 16.8. The van der Waals surface area contributed by atoms with Gasteiger partial charge < -0.3 is 15.5 Å². The van der Waals surface area contributed by atoms with E-state index >= 15 is 0 Å². The first-order valence-corrected chi connectivity index (χ1v) is 9.85. The highest BCUT2D eigenvalue weighted by Gasteiger charge is 2.30. The first kappa shape index (κ1) is 20.4. The predicted octanol–water partition coefficient (Wildman–Crippen LogP) is 4.01. The molecule has 0 spiro atoms. The van der Waals surface area contributed by atoms with Crippen LogP contribution in [-0.2, 0) is 9.59 Å². The molecule has 0 aromatic heterocycles. The van der Waals surface area contributed by atoms with Gasteiger partial charge in [0.1, 0.15) is 0 Å². The Balaban J connectivity index is 1.48. The largest absolute Gasteiger partial charge is 0.378 e. The molecule has 1 aliphatic carbocycles. The average Bonchev–Trinajstić information content (AvgIpc) is 2.74. The van der Waals surface area contributed by atoms with Gasteiger partial charge in [0.05, 0.1) is 11.6 Å². The molecule has 0 aliphatic heterocycles. The molecule has 0 heterocycles. The van der Waals surface area contributed by atoms with Crippen molar-refractivity contribution in [3.05, 3.63) is 54.1 Å². The third-order valence-electron chi connectivity index (χ3n) is 5.40. The number of carbonyl (C=O) groups is 2. The maximum absolute atomic E-state index is 12.6. The summed E-state index contributed by atoms with van der Waals surface area (Å²) in [7, 11) is 3.95. The molecule has 1 fully saturated rings. The second-order valence-corrected chi connectivity index (χ2v) is 7.66. The van der Waals surface area contributed by atoms with E-state index < -0.39 is 0 Å². The number of carbonyl (C=O) groups excluding carboxylic acids is 2. The van der Waals surface area contributed by atoms with Crippen LogP contribution in [-0.4, -0.2) is 25.9 Å². The molecule has 0 unspecified atom stereocenters. The van der Waals surface area contributed by atoms with Crippen LogP contribution in [0, 0.1) is 23.2 Å². The highest BCUT2D eigenvalue weighted by Crippen LogP contribution is 2.31. The topological polar surface area (TPSA) is 85.2 Å². The molecule has 2 amide bonds. The van der Waals surface area contributed by atoms with Gasteiger partial charge in [0.2, 0.25) is 11.8 Å². The maximum atomic E-state index is 12.6. The molecule has 1 aliphatic rings. The van der Waals surface area contributed by atoms with Crippen molar-refractivity contribution < 1.29 is 9.59 Å². The Labute approximate surface area is 171 Å². The van der Waals surface area contributed by atoms with E-state index in [-0.39, 0.29) is 23.7 Å². The fourth-order valence-electron chi connectivity index (χ4n) is 3.58. The van der Waals surface area contributed by atoms with Crippen LogP contribution < -0.4 is 15.5 Å². The van der Waals surface area contributed by atoms with Crippen LogP contribution in [0.1, 0.15) is 31.2 Å². The zero-order chi connectivity index (χ0) is 20.8. The lowest BCUT2D eigenvalue weighted by Gasteiger charge is -2.27. The summed E-state index contributed by atoms with van der Waals surface area (Å²) in [6.07, 6.45) is 2.79. The van der Waals surface area contributed by atoms with Gasteiger partial charge in [0.15, 0.2) is 0 Å². The minimum atomic E-state index is -0.0888. The maximum Gasteiger partial charge on any atom is 0.227 e. The smallest absolute Gasteiger partial charge is 0.227 e. The molecule has 29 heavy (non-hydrogen) atoms. The summed E-state index contributed by atoms with van der Waals surface area (Å²) in [6, 6.07) is 16.6. The molecule has 6 heteroatoms. The second-order valence-electron chi connectivity index (χ2n) is 7.66. The molecule has 1 saturated carbocycles. The van der Waals surface area contributed by atoms with Crippen molar-refractivity contribution in [2.75, 3.05) is 29.6 Å². The van der Waals surface area contributed by atoms with Crippen LogP contribution in [0.15, 0.2) is 48.5 Å². The predicted molar refractivity (Wildman–Crippen MR) is 115 cm³/mol. The molecular weight excluding hydrogens is 364 g/mol. The van der Waals surface area contributed by atoms with Crippen molar-refractivity contribution in [1.29, 1.82) is 5.26 Å². The van der Waals surface area contributed by atoms with Crippen LogP contribution in [0.25, 0.3) is 0 Å². The van der Waals surface area contributed by atoms with Gasteiger partial charge in [-0.25, -0.2) is 0 Å². The van der Waals surface area contributed by atoms with Crippen LogP contribution in [0.5, 0.6) is 0 Å². The molecule has 2 aromatic carbocycles.